The molecule has 0 aromatic heterocycles. The number of hydrogen-bond donors (Lipinski definition) is 2. The summed E-state index contributed by atoms with van der Waals surface area (Å²) in [5.41, 5.74) is 0. The second-order valence-electron chi connectivity index (χ2n) is 5.77. The summed E-state index contributed by atoms with van der Waals surface area (Å²) in [6, 6.07) is 0. The molecule has 5 atom stereocenters. The van der Waals surface area contributed by atoms with Gasteiger partial charge in [-0.1, -0.05) is 38.3 Å². The number of unbranched alkanes of at least 4 members (excludes halogenated alkanes) is 2. The van der Waals surface area contributed by atoms with Gasteiger partial charge in [-0.25, -0.2) is 0 Å². The number of ketones is 1. The molecule has 2 N–H and O–H groups in total. The summed E-state index contributed by atoms with van der Waals surface area (Å²) in [4.78, 5) is 11.3. The highest BCUT2D eigenvalue weighted by molar-refractivity contribution is 5.88. The highest BCUT2D eigenvalue weighted by atomic mass is 16.3. The van der Waals surface area contributed by atoms with Gasteiger partial charge in [0.15, 0.2) is 0 Å². The molecule has 0 aromatic rings. The third kappa shape index (κ3) is 2.83. The minimum Gasteiger partial charge on any atom is -0.392 e. The monoisotopic (exact) mass is 252 g/mol. The lowest BCUT2D eigenvalue weighted by molar-refractivity contribution is -0.133. The fourth-order valence-electron chi connectivity index (χ4n) is 3.24. The van der Waals surface area contributed by atoms with E-state index in [1.165, 1.54) is 0 Å². The lowest BCUT2D eigenvalue weighted by Crippen LogP contribution is -2.35. The lowest BCUT2D eigenvalue weighted by atomic mass is 9.71. The van der Waals surface area contributed by atoms with Crippen LogP contribution in [0.3, 0.4) is 0 Å². The number of fused-ring (bicyclic) bond motifs is 1. The molecule has 0 heterocycles. The molecular weight excluding hydrogens is 228 g/mol. The van der Waals surface area contributed by atoms with Crippen molar-refractivity contribution in [1.82, 2.24) is 0 Å². The van der Waals surface area contributed by atoms with Crippen molar-refractivity contribution in [3.63, 3.8) is 0 Å². The van der Waals surface area contributed by atoms with Crippen molar-refractivity contribution in [2.24, 2.45) is 17.8 Å². The van der Waals surface area contributed by atoms with Crippen LogP contribution in [0, 0.1) is 17.8 Å². The Labute approximate surface area is 109 Å². The van der Waals surface area contributed by atoms with Gasteiger partial charge in [0, 0.05) is 18.3 Å². The number of aliphatic hydroxyl groups is 2. The van der Waals surface area contributed by atoms with Crippen LogP contribution in [0.15, 0.2) is 12.2 Å². The Morgan fingerprint density at radius 3 is 2.83 bits per heavy atom. The molecule has 2 saturated carbocycles. The van der Waals surface area contributed by atoms with Crippen LogP contribution in [0.2, 0.25) is 0 Å². The molecule has 3 unspecified atom stereocenters. The van der Waals surface area contributed by atoms with Gasteiger partial charge < -0.3 is 10.2 Å². The Balaban J connectivity index is 1.80. The molecule has 2 aliphatic rings. The summed E-state index contributed by atoms with van der Waals surface area (Å²) < 4.78 is 0. The van der Waals surface area contributed by atoms with Crippen molar-refractivity contribution in [2.75, 3.05) is 0 Å². The molecule has 3 nitrogen and oxygen atoms in total. The Morgan fingerprint density at radius 1 is 1.44 bits per heavy atom. The maximum atomic E-state index is 11.3. The molecule has 2 aliphatic carbocycles. The van der Waals surface area contributed by atoms with E-state index in [0.29, 0.717) is 24.5 Å². The van der Waals surface area contributed by atoms with Crippen LogP contribution >= 0.6 is 0 Å². The molecule has 0 amide bonds. The summed E-state index contributed by atoms with van der Waals surface area (Å²) in [5, 5.41) is 19.7. The van der Waals surface area contributed by atoms with E-state index < -0.39 is 12.2 Å². The quantitative estimate of drug-likeness (QED) is 0.562. The normalized spacial score (nSPS) is 36.7. The fraction of sp³-hybridized carbons (Fsp3) is 0.800. The third-order valence-electron chi connectivity index (χ3n) is 4.46. The molecule has 2 rings (SSSR count). The SMILES string of the molecule is CCCCCC(O)C=CC1C(O)C[C@@H]2C(=O)C[C@@H]12. The molecule has 3 heteroatoms. The van der Waals surface area contributed by atoms with Gasteiger partial charge in [0.05, 0.1) is 12.2 Å². The second kappa shape index (κ2) is 5.98. The number of hydrogen-bond acceptors (Lipinski definition) is 3. The van der Waals surface area contributed by atoms with E-state index in [9.17, 15) is 15.0 Å². The van der Waals surface area contributed by atoms with E-state index in [2.05, 4.69) is 6.92 Å². The Morgan fingerprint density at radius 2 is 2.22 bits per heavy atom. The summed E-state index contributed by atoms with van der Waals surface area (Å²) in [6.45, 7) is 2.14. The molecular formula is C15H24O3. The van der Waals surface area contributed by atoms with Gasteiger partial charge in [-0.15, -0.1) is 0 Å². The van der Waals surface area contributed by atoms with E-state index in [-0.39, 0.29) is 11.8 Å². The maximum Gasteiger partial charge on any atom is 0.136 e. The van der Waals surface area contributed by atoms with Crippen LogP contribution in [-0.2, 0) is 4.79 Å². The number of carbonyl (C=O) groups excluding carboxylic acids is 1. The molecule has 0 saturated heterocycles. The van der Waals surface area contributed by atoms with Crippen molar-refractivity contribution >= 4 is 5.78 Å². The third-order valence-corrected chi connectivity index (χ3v) is 4.46. The smallest absolute Gasteiger partial charge is 0.136 e. The van der Waals surface area contributed by atoms with Gasteiger partial charge in [-0.2, -0.15) is 0 Å². The molecule has 102 valence electrons. The first-order chi connectivity index (χ1) is 8.63. The first kappa shape index (κ1) is 13.8. The predicted octanol–water partition coefficient (Wildman–Crippen LogP) is 2.07. The van der Waals surface area contributed by atoms with E-state index in [1.54, 1.807) is 0 Å². The zero-order valence-corrected chi connectivity index (χ0v) is 11.1. The Kier molecular flexibility index (Phi) is 4.57. The van der Waals surface area contributed by atoms with E-state index in [1.807, 2.05) is 12.2 Å². The minimum absolute atomic E-state index is 0.0773. The standard InChI is InChI=1S/C15H24O3/c1-2-3-4-5-10(16)6-7-11-12-8-15(18)13(12)9-14(11)17/h6-7,10-14,16-17H,2-5,8-9H2,1H3/t10?,11?,12-,13-,14?/m0/s1. The van der Waals surface area contributed by atoms with Gasteiger partial charge in [0.2, 0.25) is 0 Å². The van der Waals surface area contributed by atoms with Crippen molar-refractivity contribution in [3.05, 3.63) is 12.2 Å². The first-order valence-electron chi connectivity index (χ1n) is 7.20. The van der Waals surface area contributed by atoms with Crippen LogP contribution in [0.5, 0.6) is 0 Å². The molecule has 18 heavy (non-hydrogen) atoms. The average molecular weight is 252 g/mol. The second-order valence-corrected chi connectivity index (χ2v) is 5.77. The molecule has 0 aromatic carbocycles. The highest BCUT2D eigenvalue weighted by Gasteiger charge is 2.51. The van der Waals surface area contributed by atoms with Gasteiger partial charge in [-0.05, 0) is 18.8 Å². The van der Waals surface area contributed by atoms with Crippen LogP contribution in [0.4, 0.5) is 0 Å². The number of rotatable bonds is 6. The van der Waals surface area contributed by atoms with Crippen LogP contribution < -0.4 is 0 Å². The van der Waals surface area contributed by atoms with Crippen molar-refractivity contribution < 1.29 is 15.0 Å². The van der Waals surface area contributed by atoms with Crippen LogP contribution in [0.25, 0.3) is 0 Å². The summed E-state index contributed by atoms with van der Waals surface area (Å²) in [7, 11) is 0. The zero-order valence-electron chi connectivity index (χ0n) is 11.1. The molecule has 0 aliphatic heterocycles. The number of aliphatic hydroxyl groups excluding tert-OH is 2. The molecule has 0 radical (unpaired) electrons. The maximum absolute atomic E-state index is 11.3. The van der Waals surface area contributed by atoms with E-state index in [0.717, 1.165) is 25.7 Å². The first-order valence-corrected chi connectivity index (χ1v) is 7.20. The van der Waals surface area contributed by atoms with Gasteiger partial charge in [-0.3, -0.25) is 4.79 Å². The predicted molar refractivity (Wildman–Crippen MR) is 70.0 cm³/mol. The highest BCUT2D eigenvalue weighted by Crippen LogP contribution is 2.48. The van der Waals surface area contributed by atoms with Gasteiger partial charge >= 0.3 is 0 Å². The largest absolute Gasteiger partial charge is 0.392 e. The molecule has 0 spiro atoms. The van der Waals surface area contributed by atoms with Gasteiger partial charge in [0.1, 0.15) is 5.78 Å². The summed E-state index contributed by atoms with van der Waals surface area (Å²) in [6.07, 6.45) is 8.32. The van der Waals surface area contributed by atoms with Crippen molar-refractivity contribution in [2.45, 2.75) is 57.7 Å². The lowest BCUT2D eigenvalue weighted by Gasteiger charge is -2.31. The summed E-state index contributed by atoms with van der Waals surface area (Å²) >= 11 is 0. The fourth-order valence-corrected chi connectivity index (χ4v) is 3.24. The summed E-state index contributed by atoms with van der Waals surface area (Å²) in [5.74, 6) is 0.797. The number of Topliss-reactive ketones (excluding diaryl/α,β-unsaturated/α-hetero) is 1. The van der Waals surface area contributed by atoms with Crippen LogP contribution in [0.1, 0.15) is 45.4 Å². The molecule has 0 bridgehead atoms. The topological polar surface area (TPSA) is 57.5 Å². The van der Waals surface area contributed by atoms with Gasteiger partial charge in [0.25, 0.3) is 0 Å². The van der Waals surface area contributed by atoms with Crippen molar-refractivity contribution in [3.8, 4) is 0 Å². The average Bonchev–Trinajstić information content (AvgIpc) is 2.59. The Bertz CT molecular complexity index is 324. The van der Waals surface area contributed by atoms with E-state index in [4.69, 9.17) is 0 Å². The van der Waals surface area contributed by atoms with E-state index >= 15 is 0 Å². The number of carbonyl (C=O) groups is 1. The Hall–Kier alpha value is -0.670. The van der Waals surface area contributed by atoms with Crippen LogP contribution in [-0.4, -0.2) is 28.2 Å². The molecule has 2 fully saturated rings. The zero-order chi connectivity index (χ0) is 13.1. The minimum atomic E-state index is -0.404. The van der Waals surface area contributed by atoms with Crippen molar-refractivity contribution in [1.29, 1.82) is 0 Å².